The van der Waals surface area contributed by atoms with Gasteiger partial charge in [0.2, 0.25) is 5.95 Å². The van der Waals surface area contributed by atoms with Gasteiger partial charge in [-0.1, -0.05) is 0 Å². The number of imidazole rings is 1. The molecule has 104 valence electrons. The molecule has 2 aromatic heterocycles. The third-order valence-corrected chi connectivity index (χ3v) is 2.96. The fourth-order valence-corrected chi connectivity index (χ4v) is 1.97. The maximum Gasteiger partial charge on any atom is 0.389 e. The van der Waals surface area contributed by atoms with Crippen LogP contribution in [0.3, 0.4) is 0 Å². The maximum absolute atomic E-state index is 12.1. The Hall–Kier alpha value is -1.79. The van der Waals surface area contributed by atoms with E-state index in [2.05, 4.69) is 9.97 Å². The zero-order chi connectivity index (χ0) is 14.0. The predicted octanol–water partition coefficient (Wildman–Crippen LogP) is 3.05. The van der Waals surface area contributed by atoms with Crippen molar-refractivity contribution in [1.29, 1.82) is 0 Å². The van der Waals surface area contributed by atoms with Gasteiger partial charge in [-0.3, -0.25) is 4.57 Å². The summed E-state index contributed by atoms with van der Waals surface area (Å²) < 4.78 is 37.8. The highest BCUT2D eigenvalue weighted by Gasteiger charge is 2.25. The monoisotopic (exact) mass is 272 g/mol. The van der Waals surface area contributed by atoms with Crippen LogP contribution in [0, 0.1) is 6.92 Å². The summed E-state index contributed by atoms with van der Waals surface area (Å²) in [7, 11) is 0. The van der Waals surface area contributed by atoms with E-state index in [9.17, 15) is 13.2 Å². The summed E-state index contributed by atoms with van der Waals surface area (Å²) in [4.78, 5) is 8.38. The van der Waals surface area contributed by atoms with Crippen LogP contribution in [-0.4, -0.2) is 20.7 Å². The molecule has 0 saturated heterocycles. The van der Waals surface area contributed by atoms with Crippen molar-refractivity contribution in [3.63, 3.8) is 0 Å². The Labute approximate surface area is 108 Å². The number of nitrogens with two attached hydrogens (primary N) is 1. The first kappa shape index (κ1) is 13.6. The van der Waals surface area contributed by atoms with Crippen molar-refractivity contribution in [2.75, 3.05) is 5.73 Å². The van der Waals surface area contributed by atoms with Crippen LogP contribution in [-0.2, 0) is 6.54 Å². The summed E-state index contributed by atoms with van der Waals surface area (Å²) in [5, 5.41) is 0. The van der Waals surface area contributed by atoms with Gasteiger partial charge < -0.3 is 5.73 Å². The van der Waals surface area contributed by atoms with Crippen molar-refractivity contribution in [2.24, 2.45) is 0 Å². The maximum atomic E-state index is 12.1. The second-order valence-electron chi connectivity index (χ2n) is 4.49. The van der Waals surface area contributed by atoms with E-state index in [0.717, 1.165) is 5.56 Å². The molecule has 2 heterocycles. The highest BCUT2D eigenvalue weighted by Crippen LogP contribution is 2.24. The molecule has 0 saturated carbocycles. The third kappa shape index (κ3) is 3.15. The van der Waals surface area contributed by atoms with Crippen molar-refractivity contribution < 1.29 is 13.2 Å². The standard InChI is InChI=1S/C12H15F3N4/c1-8-4-6-17-10-9(8)18-11(16)19(10)7-3-2-5-12(13,14)15/h4,6H,2-3,5,7H2,1H3,(H2,16,18). The van der Waals surface area contributed by atoms with Crippen molar-refractivity contribution in [3.05, 3.63) is 17.8 Å². The average Bonchev–Trinajstić information content (AvgIpc) is 2.62. The van der Waals surface area contributed by atoms with Crippen LogP contribution in [0.15, 0.2) is 12.3 Å². The molecule has 0 spiro atoms. The summed E-state index contributed by atoms with van der Waals surface area (Å²) in [6.07, 6.45) is -2.76. The molecule has 2 rings (SSSR count). The highest BCUT2D eigenvalue weighted by molar-refractivity contribution is 5.77. The Balaban J connectivity index is 2.09. The molecule has 0 aliphatic rings. The molecule has 0 unspecified atom stereocenters. The first-order chi connectivity index (χ1) is 8.88. The quantitative estimate of drug-likeness (QED) is 0.870. The number of hydrogen-bond donors (Lipinski definition) is 1. The molecule has 2 N–H and O–H groups in total. The van der Waals surface area contributed by atoms with Crippen LogP contribution in [0.2, 0.25) is 0 Å². The molecule has 0 bridgehead atoms. The van der Waals surface area contributed by atoms with Gasteiger partial charge >= 0.3 is 6.18 Å². The average molecular weight is 272 g/mol. The number of fused-ring (bicyclic) bond motifs is 1. The summed E-state index contributed by atoms with van der Waals surface area (Å²) in [5.41, 5.74) is 8.06. The molecular formula is C12H15F3N4. The van der Waals surface area contributed by atoms with Gasteiger partial charge in [0.25, 0.3) is 0 Å². The van der Waals surface area contributed by atoms with Gasteiger partial charge in [0.1, 0.15) is 5.52 Å². The molecule has 19 heavy (non-hydrogen) atoms. The minimum absolute atomic E-state index is 0.0778. The van der Waals surface area contributed by atoms with Gasteiger partial charge in [0.05, 0.1) is 0 Å². The van der Waals surface area contributed by atoms with Crippen LogP contribution in [0.1, 0.15) is 24.8 Å². The Kier molecular flexibility index (Phi) is 3.64. The van der Waals surface area contributed by atoms with E-state index < -0.39 is 12.6 Å². The van der Waals surface area contributed by atoms with Crippen molar-refractivity contribution in [2.45, 2.75) is 38.9 Å². The summed E-state index contributed by atoms with van der Waals surface area (Å²) >= 11 is 0. The van der Waals surface area contributed by atoms with Gasteiger partial charge in [0.15, 0.2) is 5.65 Å². The first-order valence-electron chi connectivity index (χ1n) is 6.02. The van der Waals surface area contributed by atoms with Gasteiger partial charge in [-0.2, -0.15) is 13.2 Å². The molecule has 0 amide bonds. The highest BCUT2D eigenvalue weighted by atomic mass is 19.4. The molecule has 0 aromatic carbocycles. The normalized spacial score (nSPS) is 12.2. The van der Waals surface area contributed by atoms with Crippen molar-refractivity contribution in [3.8, 4) is 0 Å². The number of unbranched alkanes of at least 4 members (excludes halogenated alkanes) is 1. The molecule has 4 nitrogen and oxygen atoms in total. The molecule has 0 radical (unpaired) electrons. The molecular weight excluding hydrogens is 257 g/mol. The Morgan fingerprint density at radius 2 is 2.05 bits per heavy atom. The van der Waals surface area contributed by atoms with Gasteiger partial charge in [-0.25, -0.2) is 9.97 Å². The van der Waals surface area contributed by atoms with E-state index in [-0.39, 0.29) is 6.42 Å². The number of alkyl halides is 3. The number of anilines is 1. The lowest BCUT2D eigenvalue weighted by atomic mass is 10.2. The van der Waals surface area contributed by atoms with Crippen LogP contribution in [0.25, 0.3) is 11.2 Å². The number of pyridine rings is 1. The number of nitrogens with zero attached hydrogens (tertiary/aromatic N) is 3. The van der Waals surface area contributed by atoms with E-state index >= 15 is 0 Å². The lowest BCUT2D eigenvalue weighted by Gasteiger charge is -2.07. The van der Waals surface area contributed by atoms with Crippen molar-refractivity contribution >= 4 is 17.1 Å². The second-order valence-corrected chi connectivity index (χ2v) is 4.49. The Bertz CT molecular complexity index is 574. The van der Waals surface area contributed by atoms with E-state index in [1.807, 2.05) is 13.0 Å². The largest absolute Gasteiger partial charge is 0.389 e. The second kappa shape index (κ2) is 5.07. The minimum atomic E-state index is -4.10. The lowest BCUT2D eigenvalue weighted by Crippen LogP contribution is -2.08. The first-order valence-corrected chi connectivity index (χ1v) is 6.02. The lowest BCUT2D eigenvalue weighted by molar-refractivity contribution is -0.135. The Morgan fingerprint density at radius 1 is 1.32 bits per heavy atom. The molecule has 0 fully saturated rings. The van der Waals surface area contributed by atoms with Gasteiger partial charge in [0, 0.05) is 19.2 Å². The number of halogens is 3. The SMILES string of the molecule is Cc1ccnc2c1nc(N)n2CCCCC(F)(F)F. The fraction of sp³-hybridized carbons (Fsp3) is 0.500. The van der Waals surface area contributed by atoms with Gasteiger partial charge in [-0.15, -0.1) is 0 Å². The number of hydrogen-bond acceptors (Lipinski definition) is 3. The van der Waals surface area contributed by atoms with Crippen molar-refractivity contribution in [1.82, 2.24) is 14.5 Å². The summed E-state index contributed by atoms with van der Waals surface area (Å²) in [6.45, 7) is 2.29. The summed E-state index contributed by atoms with van der Waals surface area (Å²) in [5.74, 6) is 0.295. The predicted molar refractivity (Wildman–Crippen MR) is 66.6 cm³/mol. The fourth-order valence-electron chi connectivity index (χ4n) is 1.97. The zero-order valence-corrected chi connectivity index (χ0v) is 10.5. The van der Waals surface area contributed by atoms with E-state index in [1.54, 1.807) is 10.8 Å². The number of aromatic nitrogens is 3. The van der Waals surface area contributed by atoms with Crippen LogP contribution in [0.5, 0.6) is 0 Å². The topological polar surface area (TPSA) is 56.7 Å². The van der Waals surface area contributed by atoms with E-state index in [0.29, 0.717) is 30.1 Å². The van der Waals surface area contributed by atoms with Crippen LogP contribution < -0.4 is 5.73 Å². The van der Waals surface area contributed by atoms with E-state index in [1.165, 1.54) is 0 Å². The third-order valence-electron chi connectivity index (χ3n) is 2.96. The van der Waals surface area contributed by atoms with E-state index in [4.69, 9.17) is 5.73 Å². The number of rotatable bonds is 4. The zero-order valence-electron chi connectivity index (χ0n) is 10.5. The van der Waals surface area contributed by atoms with Crippen LogP contribution in [0.4, 0.5) is 19.1 Å². The number of nitrogen functional groups attached to an aromatic ring is 1. The molecule has 2 aromatic rings. The molecule has 0 atom stereocenters. The Morgan fingerprint density at radius 3 is 2.74 bits per heavy atom. The minimum Gasteiger partial charge on any atom is -0.369 e. The number of aryl methyl sites for hydroxylation is 2. The summed E-state index contributed by atoms with van der Waals surface area (Å²) in [6, 6.07) is 1.82. The van der Waals surface area contributed by atoms with Crippen LogP contribution >= 0.6 is 0 Å². The molecule has 0 aliphatic carbocycles. The molecule has 7 heteroatoms. The molecule has 0 aliphatic heterocycles. The smallest absolute Gasteiger partial charge is 0.369 e. The van der Waals surface area contributed by atoms with Gasteiger partial charge in [-0.05, 0) is 31.4 Å².